The molecule has 0 fully saturated rings. The second-order valence-electron chi connectivity index (χ2n) is 7.84. The Morgan fingerprint density at radius 2 is 1.77 bits per heavy atom. The van der Waals surface area contributed by atoms with Gasteiger partial charge in [-0.25, -0.2) is 4.98 Å². The third kappa shape index (κ3) is 4.89. The van der Waals surface area contributed by atoms with Gasteiger partial charge in [0.2, 0.25) is 0 Å². The fourth-order valence-corrected chi connectivity index (χ4v) is 3.91. The van der Waals surface area contributed by atoms with E-state index in [4.69, 9.17) is 5.73 Å². The number of hydrogen-bond acceptors (Lipinski definition) is 4. The number of anilines is 1. The number of nitrogens with two attached hydrogens (primary N) is 1. The lowest BCUT2D eigenvalue weighted by Crippen LogP contribution is -2.05. The molecule has 2 N–H and O–H groups in total. The lowest BCUT2D eigenvalue weighted by Gasteiger charge is -2.09. The zero-order chi connectivity index (χ0) is 21.8. The van der Waals surface area contributed by atoms with Crippen LogP contribution in [0.5, 0.6) is 0 Å². The van der Waals surface area contributed by atoms with Gasteiger partial charge in [0.25, 0.3) is 0 Å². The fourth-order valence-electron chi connectivity index (χ4n) is 3.91. The number of aryl methyl sites for hydroxylation is 2. The van der Waals surface area contributed by atoms with Gasteiger partial charge in [0.05, 0.1) is 18.3 Å². The number of ketones is 1. The second-order valence-corrected chi connectivity index (χ2v) is 7.84. The molecule has 2 heterocycles. The minimum atomic E-state index is 0.0833. The molecular weight excluding hydrogens is 384 g/mol. The molecule has 0 unspecified atom stereocenters. The number of benzene rings is 2. The number of carbonyl (C=O) groups is 1. The minimum Gasteiger partial charge on any atom is -0.384 e. The molecule has 5 heteroatoms. The molecule has 0 saturated carbocycles. The molecule has 2 aromatic carbocycles. The van der Waals surface area contributed by atoms with Crippen molar-refractivity contribution >= 4 is 11.6 Å². The molecule has 0 radical (unpaired) electrons. The van der Waals surface area contributed by atoms with E-state index in [1.54, 1.807) is 6.20 Å². The highest BCUT2D eigenvalue weighted by Crippen LogP contribution is 2.21. The second kappa shape index (κ2) is 8.96. The van der Waals surface area contributed by atoms with Crippen molar-refractivity contribution in [2.24, 2.45) is 0 Å². The Kier molecular flexibility index (Phi) is 5.94. The Balaban J connectivity index is 1.42. The van der Waals surface area contributed by atoms with Crippen molar-refractivity contribution in [1.29, 1.82) is 0 Å². The monoisotopic (exact) mass is 410 g/mol. The van der Waals surface area contributed by atoms with Crippen molar-refractivity contribution in [2.75, 3.05) is 5.73 Å². The van der Waals surface area contributed by atoms with E-state index in [1.165, 1.54) is 11.1 Å². The minimum absolute atomic E-state index is 0.0833. The van der Waals surface area contributed by atoms with Crippen LogP contribution in [0.3, 0.4) is 0 Å². The molecule has 0 bridgehead atoms. The Hall–Kier alpha value is -3.73. The molecule has 0 saturated heterocycles. The third-order valence-electron chi connectivity index (χ3n) is 5.51. The van der Waals surface area contributed by atoms with Gasteiger partial charge in [-0.1, -0.05) is 48.5 Å². The SMILES string of the molecule is Cc1cc(N)nc(C)c1CCC(=O)c1cnn(Cc2cccc(-c3ccccc3)c2)c1. The van der Waals surface area contributed by atoms with Crippen molar-refractivity contribution in [1.82, 2.24) is 14.8 Å². The van der Waals surface area contributed by atoms with Gasteiger partial charge in [0, 0.05) is 18.3 Å². The number of aromatic nitrogens is 3. The molecule has 0 atom stereocenters. The summed E-state index contributed by atoms with van der Waals surface area (Å²) in [5, 5.41) is 4.40. The molecule has 156 valence electrons. The predicted octanol–water partition coefficient (Wildman–Crippen LogP) is 5.01. The molecule has 0 aliphatic rings. The van der Waals surface area contributed by atoms with Crippen LogP contribution in [0, 0.1) is 13.8 Å². The number of Topliss-reactive ketones (excluding diaryl/α,β-unsaturated/α-hetero) is 1. The van der Waals surface area contributed by atoms with Crippen LogP contribution in [0.15, 0.2) is 73.1 Å². The first-order valence-electron chi connectivity index (χ1n) is 10.4. The topological polar surface area (TPSA) is 73.8 Å². The van der Waals surface area contributed by atoms with Crippen LogP contribution in [0.25, 0.3) is 11.1 Å². The van der Waals surface area contributed by atoms with E-state index in [9.17, 15) is 4.79 Å². The average molecular weight is 411 g/mol. The standard InChI is InChI=1S/C26H26N4O/c1-18-13-26(27)29-19(2)24(18)11-12-25(31)23-15-28-30(17-23)16-20-7-6-10-22(14-20)21-8-4-3-5-9-21/h3-10,13-15,17H,11-12,16H2,1-2H3,(H2,27,29). The van der Waals surface area contributed by atoms with Crippen LogP contribution >= 0.6 is 0 Å². The summed E-state index contributed by atoms with van der Waals surface area (Å²) in [6.07, 6.45) is 4.55. The maximum atomic E-state index is 12.7. The van der Waals surface area contributed by atoms with Gasteiger partial charge in [0.15, 0.2) is 5.78 Å². The lowest BCUT2D eigenvalue weighted by atomic mass is 10.00. The summed E-state index contributed by atoms with van der Waals surface area (Å²) in [5.74, 6) is 0.600. The highest BCUT2D eigenvalue weighted by Gasteiger charge is 2.12. The van der Waals surface area contributed by atoms with E-state index < -0.39 is 0 Å². The van der Waals surface area contributed by atoms with E-state index >= 15 is 0 Å². The largest absolute Gasteiger partial charge is 0.384 e. The van der Waals surface area contributed by atoms with Crippen LogP contribution in [0.2, 0.25) is 0 Å². The van der Waals surface area contributed by atoms with Crippen molar-refractivity contribution in [3.8, 4) is 11.1 Å². The smallest absolute Gasteiger partial charge is 0.166 e. The number of rotatable bonds is 7. The summed E-state index contributed by atoms with van der Waals surface area (Å²) in [5.41, 5.74) is 13.0. The molecule has 0 amide bonds. The number of carbonyl (C=O) groups excluding carboxylic acids is 1. The van der Waals surface area contributed by atoms with E-state index in [0.717, 1.165) is 22.4 Å². The zero-order valence-electron chi connectivity index (χ0n) is 17.9. The van der Waals surface area contributed by atoms with Gasteiger partial charge in [-0.15, -0.1) is 0 Å². The Bertz CT molecular complexity index is 1190. The molecule has 0 aliphatic heterocycles. The van der Waals surface area contributed by atoms with Gasteiger partial charge >= 0.3 is 0 Å². The number of pyridine rings is 1. The molecular formula is C26H26N4O. The molecule has 4 rings (SSSR count). The molecule has 5 nitrogen and oxygen atoms in total. The van der Waals surface area contributed by atoms with Gasteiger partial charge in [-0.05, 0) is 60.2 Å². The maximum absolute atomic E-state index is 12.7. The third-order valence-corrected chi connectivity index (χ3v) is 5.51. The van der Waals surface area contributed by atoms with Crippen LogP contribution in [-0.4, -0.2) is 20.5 Å². The molecule has 0 aliphatic carbocycles. The summed E-state index contributed by atoms with van der Waals surface area (Å²) < 4.78 is 1.82. The van der Waals surface area contributed by atoms with Gasteiger partial charge in [-0.2, -0.15) is 5.10 Å². The van der Waals surface area contributed by atoms with Crippen LogP contribution in [0.1, 0.15) is 39.2 Å². The summed E-state index contributed by atoms with van der Waals surface area (Å²) in [7, 11) is 0. The highest BCUT2D eigenvalue weighted by atomic mass is 16.1. The lowest BCUT2D eigenvalue weighted by molar-refractivity contribution is 0.0982. The van der Waals surface area contributed by atoms with Gasteiger partial charge in [-0.3, -0.25) is 9.48 Å². The van der Waals surface area contributed by atoms with E-state index in [-0.39, 0.29) is 5.78 Å². The van der Waals surface area contributed by atoms with Crippen molar-refractivity contribution in [3.05, 3.63) is 101 Å². The van der Waals surface area contributed by atoms with Crippen molar-refractivity contribution in [2.45, 2.75) is 33.2 Å². The Morgan fingerprint density at radius 1 is 1.00 bits per heavy atom. The number of nitrogen functional groups attached to an aromatic ring is 1. The van der Waals surface area contributed by atoms with Crippen molar-refractivity contribution < 1.29 is 4.79 Å². The highest BCUT2D eigenvalue weighted by molar-refractivity contribution is 5.95. The number of hydrogen-bond donors (Lipinski definition) is 1. The summed E-state index contributed by atoms with van der Waals surface area (Å²) in [6.45, 7) is 4.56. The first-order chi connectivity index (χ1) is 15.0. The van der Waals surface area contributed by atoms with Crippen LogP contribution in [0.4, 0.5) is 5.82 Å². The Morgan fingerprint density at radius 3 is 2.55 bits per heavy atom. The van der Waals surface area contributed by atoms with Crippen LogP contribution < -0.4 is 5.73 Å². The molecule has 0 spiro atoms. The zero-order valence-corrected chi connectivity index (χ0v) is 17.9. The van der Waals surface area contributed by atoms with Gasteiger partial charge < -0.3 is 5.73 Å². The van der Waals surface area contributed by atoms with Gasteiger partial charge in [0.1, 0.15) is 5.82 Å². The van der Waals surface area contributed by atoms with E-state index in [2.05, 4.69) is 46.5 Å². The average Bonchev–Trinajstić information content (AvgIpc) is 3.22. The normalized spacial score (nSPS) is 10.9. The predicted molar refractivity (Wildman–Crippen MR) is 124 cm³/mol. The maximum Gasteiger partial charge on any atom is 0.166 e. The van der Waals surface area contributed by atoms with E-state index in [1.807, 2.05) is 49.0 Å². The first kappa shape index (κ1) is 20.5. The molecule has 4 aromatic rings. The summed E-state index contributed by atoms with van der Waals surface area (Å²) in [6, 6.07) is 20.6. The molecule has 31 heavy (non-hydrogen) atoms. The summed E-state index contributed by atoms with van der Waals surface area (Å²) >= 11 is 0. The van der Waals surface area contributed by atoms with Crippen molar-refractivity contribution in [3.63, 3.8) is 0 Å². The van der Waals surface area contributed by atoms with Crippen LogP contribution in [-0.2, 0) is 13.0 Å². The summed E-state index contributed by atoms with van der Waals surface area (Å²) in [4.78, 5) is 17.0. The fraction of sp³-hybridized carbons (Fsp3) is 0.192. The van der Waals surface area contributed by atoms with E-state index in [0.29, 0.717) is 30.8 Å². The number of nitrogens with zero attached hydrogens (tertiary/aromatic N) is 3. The molecule has 2 aromatic heterocycles. The Labute approximate surface area is 182 Å². The first-order valence-corrected chi connectivity index (χ1v) is 10.4. The quantitative estimate of drug-likeness (QED) is 0.435.